The molecule has 0 amide bonds. The molecule has 140 valence electrons. The molecule has 0 N–H and O–H groups in total. The second-order valence-electron chi connectivity index (χ2n) is 5.78. The third-order valence-electron chi connectivity index (χ3n) is 4.00. The summed E-state index contributed by atoms with van der Waals surface area (Å²) in [6.45, 7) is -2.87. The second-order valence-corrected chi connectivity index (χ2v) is 6.64. The van der Waals surface area contributed by atoms with Crippen LogP contribution in [0.25, 0.3) is 21.3 Å². The Balaban J connectivity index is 1.67. The van der Waals surface area contributed by atoms with Crippen molar-refractivity contribution < 1.29 is 13.5 Å². The predicted octanol–water partition coefficient (Wildman–Crippen LogP) is 4.61. The van der Waals surface area contributed by atoms with E-state index in [9.17, 15) is 13.6 Å². The number of alkyl halides is 2. The molecule has 0 fully saturated rings. The molecule has 4 rings (SSSR count). The molecule has 0 aliphatic rings. The number of thiophene rings is 1. The quantitative estimate of drug-likeness (QED) is 0.462. The minimum Gasteiger partial charge on any atom is -0.435 e. The van der Waals surface area contributed by atoms with Crippen LogP contribution >= 0.6 is 11.3 Å². The van der Waals surface area contributed by atoms with E-state index in [2.05, 4.69) is 14.8 Å². The van der Waals surface area contributed by atoms with Crippen LogP contribution in [0.3, 0.4) is 0 Å². The molecule has 0 aliphatic carbocycles. The molecule has 0 unspecified atom stereocenters. The van der Waals surface area contributed by atoms with Gasteiger partial charge in [-0.3, -0.25) is 4.79 Å². The number of ether oxygens (including phenoxy) is 1. The summed E-state index contributed by atoms with van der Waals surface area (Å²) in [4.78, 5) is 17.8. The zero-order valence-electron chi connectivity index (χ0n) is 14.3. The standard InChI is InChI=1S/C20H13F2N3O2S/c21-20(22)27-15-8-6-13(7-9-15)10-24-25-12-23-18-17(19(25)26)16(11-28-18)14-4-2-1-3-5-14/h1-12,20H/b24-10+. The minimum absolute atomic E-state index is 0.0539. The maximum atomic E-state index is 12.9. The van der Waals surface area contributed by atoms with Crippen LogP contribution in [0.15, 0.2) is 76.2 Å². The first-order valence-corrected chi connectivity index (χ1v) is 9.13. The number of fused-ring (bicyclic) bond motifs is 1. The van der Waals surface area contributed by atoms with Crippen LogP contribution in [0.1, 0.15) is 5.56 Å². The zero-order chi connectivity index (χ0) is 19.5. The van der Waals surface area contributed by atoms with Crippen LogP contribution in [0.5, 0.6) is 5.75 Å². The normalized spacial score (nSPS) is 11.5. The molecule has 0 aliphatic heterocycles. The fourth-order valence-corrected chi connectivity index (χ4v) is 3.61. The van der Waals surface area contributed by atoms with Crippen molar-refractivity contribution in [2.45, 2.75) is 6.61 Å². The third-order valence-corrected chi connectivity index (χ3v) is 4.89. The number of aromatic nitrogens is 2. The van der Waals surface area contributed by atoms with E-state index in [1.165, 1.54) is 36.0 Å². The first-order valence-electron chi connectivity index (χ1n) is 8.25. The monoisotopic (exact) mass is 397 g/mol. The van der Waals surface area contributed by atoms with Crippen molar-refractivity contribution in [2.24, 2.45) is 5.10 Å². The molecule has 4 aromatic rings. The average molecular weight is 397 g/mol. The summed E-state index contributed by atoms with van der Waals surface area (Å²) in [7, 11) is 0. The van der Waals surface area contributed by atoms with Crippen LogP contribution in [0.4, 0.5) is 8.78 Å². The molecule has 0 atom stereocenters. The van der Waals surface area contributed by atoms with Gasteiger partial charge in [-0.2, -0.15) is 18.6 Å². The van der Waals surface area contributed by atoms with Crippen LogP contribution in [0, 0.1) is 0 Å². The van der Waals surface area contributed by atoms with E-state index >= 15 is 0 Å². The zero-order valence-corrected chi connectivity index (χ0v) is 15.1. The van der Waals surface area contributed by atoms with Gasteiger partial charge in [0.05, 0.1) is 11.6 Å². The highest BCUT2D eigenvalue weighted by Crippen LogP contribution is 2.30. The SMILES string of the molecule is O=c1c2c(-c3ccccc3)csc2ncn1/N=C/c1ccc(OC(F)F)cc1. The predicted molar refractivity (Wildman–Crippen MR) is 105 cm³/mol. The van der Waals surface area contributed by atoms with Gasteiger partial charge in [-0.15, -0.1) is 11.3 Å². The number of hydrogen-bond acceptors (Lipinski definition) is 5. The molecule has 5 nitrogen and oxygen atoms in total. The summed E-state index contributed by atoms with van der Waals surface area (Å²) in [5.74, 6) is 0.0539. The maximum Gasteiger partial charge on any atom is 0.387 e. The molecular weight excluding hydrogens is 384 g/mol. The molecule has 0 bridgehead atoms. The fraction of sp³-hybridized carbons (Fsp3) is 0.0500. The van der Waals surface area contributed by atoms with Gasteiger partial charge in [-0.1, -0.05) is 30.3 Å². The van der Waals surface area contributed by atoms with E-state index in [0.29, 0.717) is 15.8 Å². The van der Waals surface area contributed by atoms with Crippen LogP contribution in [-0.2, 0) is 0 Å². The second kappa shape index (κ2) is 7.69. The summed E-state index contributed by atoms with van der Waals surface area (Å²) >= 11 is 1.40. The van der Waals surface area contributed by atoms with Crippen molar-refractivity contribution in [3.8, 4) is 16.9 Å². The Morgan fingerprint density at radius 1 is 1.11 bits per heavy atom. The largest absolute Gasteiger partial charge is 0.435 e. The average Bonchev–Trinajstić information content (AvgIpc) is 3.14. The molecule has 0 spiro atoms. The summed E-state index contributed by atoms with van der Waals surface area (Å²) < 4.78 is 29.9. The van der Waals surface area contributed by atoms with E-state index < -0.39 is 6.61 Å². The molecule has 2 heterocycles. The van der Waals surface area contributed by atoms with Crippen molar-refractivity contribution in [2.75, 3.05) is 0 Å². The van der Waals surface area contributed by atoms with E-state index in [1.54, 1.807) is 12.1 Å². The van der Waals surface area contributed by atoms with Crippen molar-refractivity contribution in [1.29, 1.82) is 0 Å². The van der Waals surface area contributed by atoms with Gasteiger partial charge in [0.1, 0.15) is 16.9 Å². The highest BCUT2D eigenvalue weighted by molar-refractivity contribution is 7.17. The number of hydrogen-bond donors (Lipinski definition) is 0. The lowest BCUT2D eigenvalue weighted by Gasteiger charge is -2.04. The fourth-order valence-electron chi connectivity index (χ4n) is 2.70. The number of rotatable bonds is 5. The highest BCUT2D eigenvalue weighted by Gasteiger charge is 2.12. The van der Waals surface area contributed by atoms with Crippen LogP contribution < -0.4 is 10.3 Å². The van der Waals surface area contributed by atoms with Gasteiger partial charge in [0.2, 0.25) is 0 Å². The minimum atomic E-state index is -2.87. The smallest absolute Gasteiger partial charge is 0.387 e. The molecule has 28 heavy (non-hydrogen) atoms. The van der Waals surface area contributed by atoms with Crippen LogP contribution in [0.2, 0.25) is 0 Å². The third kappa shape index (κ3) is 3.67. The Morgan fingerprint density at radius 3 is 2.57 bits per heavy atom. The number of nitrogens with zero attached hydrogens (tertiary/aromatic N) is 3. The van der Waals surface area contributed by atoms with Gasteiger partial charge in [0.25, 0.3) is 5.56 Å². The molecule has 2 aromatic heterocycles. The molecule has 0 saturated heterocycles. The summed E-state index contributed by atoms with van der Waals surface area (Å²) in [6, 6.07) is 15.6. The van der Waals surface area contributed by atoms with E-state index in [-0.39, 0.29) is 11.3 Å². The van der Waals surface area contributed by atoms with E-state index in [4.69, 9.17) is 0 Å². The number of benzene rings is 2. The van der Waals surface area contributed by atoms with E-state index in [1.807, 2.05) is 35.7 Å². The molecule has 2 aromatic carbocycles. The summed E-state index contributed by atoms with van der Waals surface area (Å²) in [5.41, 5.74) is 2.10. The van der Waals surface area contributed by atoms with Gasteiger partial charge >= 0.3 is 6.61 Å². The van der Waals surface area contributed by atoms with E-state index in [0.717, 1.165) is 15.8 Å². The topological polar surface area (TPSA) is 56.5 Å². The van der Waals surface area contributed by atoms with Gasteiger partial charge in [-0.05, 0) is 35.4 Å². The first kappa shape index (κ1) is 18.0. The summed E-state index contributed by atoms with van der Waals surface area (Å²) in [5, 5.41) is 6.58. The van der Waals surface area contributed by atoms with Crippen molar-refractivity contribution >= 4 is 27.8 Å². The Bertz CT molecular complexity index is 1190. The lowest BCUT2D eigenvalue weighted by molar-refractivity contribution is -0.0498. The van der Waals surface area contributed by atoms with Crippen molar-refractivity contribution in [3.63, 3.8) is 0 Å². The van der Waals surface area contributed by atoms with Gasteiger partial charge in [0.15, 0.2) is 0 Å². The first-order chi connectivity index (χ1) is 13.6. The Kier molecular flexibility index (Phi) is 4.94. The molecule has 0 radical (unpaired) electrons. The van der Waals surface area contributed by atoms with Crippen molar-refractivity contribution in [1.82, 2.24) is 9.66 Å². The van der Waals surface area contributed by atoms with Gasteiger partial charge < -0.3 is 4.74 Å². The highest BCUT2D eigenvalue weighted by atomic mass is 32.1. The van der Waals surface area contributed by atoms with Crippen molar-refractivity contribution in [3.05, 3.63) is 82.2 Å². The van der Waals surface area contributed by atoms with Crippen LogP contribution in [-0.4, -0.2) is 22.5 Å². The molecular formula is C20H13F2N3O2S. The lowest BCUT2D eigenvalue weighted by Crippen LogP contribution is -2.16. The van der Waals surface area contributed by atoms with Gasteiger partial charge in [-0.25, -0.2) is 4.98 Å². The maximum absolute atomic E-state index is 12.9. The lowest BCUT2D eigenvalue weighted by atomic mass is 10.1. The Hall–Kier alpha value is -3.39. The number of halogens is 2. The molecule has 0 saturated carbocycles. The Labute approximate surface area is 162 Å². The molecule has 8 heteroatoms. The summed E-state index contributed by atoms with van der Waals surface area (Å²) in [6.07, 6.45) is 2.82. The van der Waals surface area contributed by atoms with Gasteiger partial charge in [0, 0.05) is 10.9 Å². The Morgan fingerprint density at radius 2 is 1.86 bits per heavy atom.